The maximum Gasteiger partial charge on any atom is 0.270 e. The summed E-state index contributed by atoms with van der Waals surface area (Å²) in [4.78, 5) is 22.9. The number of carbonyl (C=O) groups is 1. The molecule has 3 rings (SSSR count). The van der Waals surface area contributed by atoms with Crippen molar-refractivity contribution in [1.82, 2.24) is 0 Å². The first kappa shape index (κ1) is 19.4. The summed E-state index contributed by atoms with van der Waals surface area (Å²) < 4.78 is 10.8. The summed E-state index contributed by atoms with van der Waals surface area (Å²) in [5.74, 6) is 0.481. The van der Waals surface area contributed by atoms with Gasteiger partial charge in [-0.25, -0.2) is 0 Å². The van der Waals surface area contributed by atoms with Crippen LogP contribution in [0.1, 0.15) is 5.76 Å². The average Bonchev–Trinajstić information content (AvgIpc) is 3.21. The lowest BCUT2D eigenvalue weighted by molar-refractivity contribution is -0.384. The third kappa shape index (κ3) is 4.48. The number of nitrogens with one attached hydrogen (secondary N) is 1. The van der Waals surface area contributed by atoms with Crippen molar-refractivity contribution >= 4 is 23.4 Å². The second kappa shape index (κ2) is 8.54. The second-order valence-corrected chi connectivity index (χ2v) is 5.83. The van der Waals surface area contributed by atoms with Crippen LogP contribution in [0.5, 0.6) is 5.75 Å². The highest BCUT2D eigenvalue weighted by atomic mass is 16.6. The molecule has 0 spiro atoms. The third-order valence-electron chi connectivity index (χ3n) is 3.98. The number of amides is 1. The van der Waals surface area contributed by atoms with Crippen LogP contribution >= 0.6 is 0 Å². The Morgan fingerprint density at radius 1 is 1.21 bits per heavy atom. The van der Waals surface area contributed by atoms with E-state index in [-0.39, 0.29) is 17.0 Å². The molecule has 0 aliphatic heterocycles. The number of rotatable bonds is 6. The molecule has 0 atom stereocenters. The van der Waals surface area contributed by atoms with E-state index in [1.807, 2.05) is 6.07 Å². The van der Waals surface area contributed by atoms with Crippen LogP contribution in [-0.2, 0) is 4.79 Å². The van der Waals surface area contributed by atoms with Gasteiger partial charge in [-0.05, 0) is 24.3 Å². The molecule has 1 amide bonds. The fraction of sp³-hybridized carbons (Fsp3) is 0.0476. The molecule has 8 nitrogen and oxygen atoms in total. The van der Waals surface area contributed by atoms with E-state index >= 15 is 0 Å². The fourth-order valence-corrected chi connectivity index (χ4v) is 2.59. The Morgan fingerprint density at radius 2 is 2.00 bits per heavy atom. The number of carbonyl (C=O) groups excluding carboxylic acids is 1. The van der Waals surface area contributed by atoms with Crippen molar-refractivity contribution in [2.24, 2.45) is 0 Å². The smallest absolute Gasteiger partial charge is 0.270 e. The molecule has 0 fully saturated rings. The van der Waals surface area contributed by atoms with E-state index in [9.17, 15) is 20.2 Å². The molecule has 29 heavy (non-hydrogen) atoms. The highest BCUT2D eigenvalue weighted by Crippen LogP contribution is 2.27. The number of nitriles is 1. The zero-order valence-corrected chi connectivity index (χ0v) is 15.3. The maximum absolute atomic E-state index is 12.4. The zero-order valence-electron chi connectivity index (χ0n) is 15.3. The number of anilines is 1. The zero-order chi connectivity index (χ0) is 20.8. The average molecular weight is 389 g/mol. The molecular weight excluding hydrogens is 374 g/mol. The van der Waals surface area contributed by atoms with Crippen molar-refractivity contribution in [3.63, 3.8) is 0 Å². The summed E-state index contributed by atoms with van der Waals surface area (Å²) in [7, 11) is 1.48. The molecule has 0 saturated heterocycles. The predicted octanol–water partition coefficient (Wildman–Crippen LogP) is 4.41. The van der Waals surface area contributed by atoms with Gasteiger partial charge >= 0.3 is 0 Å². The number of methoxy groups -OCH3 is 1. The molecule has 8 heteroatoms. The Labute approximate surface area is 165 Å². The van der Waals surface area contributed by atoms with Gasteiger partial charge in [-0.15, -0.1) is 0 Å². The number of hydrogen-bond donors (Lipinski definition) is 1. The van der Waals surface area contributed by atoms with Crippen LogP contribution in [0.2, 0.25) is 0 Å². The van der Waals surface area contributed by atoms with Crippen molar-refractivity contribution in [3.05, 3.63) is 82.1 Å². The number of nitro benzene ring substituents is 1. The lowest BCUT2D eigenvalue weighted by Crippen LogP contribution is -2.14. The van der Waals surface area contributed by atoms with E-state index < -0.39 is 10.8 Å². The third-order valence-corrected chi connectivity index (χ3v) is 3.98. The number of hydrogen-bond acceptors (Lipinski definition) is 6. The quantitative estimate of drug-likeness (QED) is 0.289. The summed E-state index contributed by atoms with van der Waals surface area (Å²) in [5, 5.41) is 22.9. The highest BCUT2D eigenvalue weighted by Gasteiger charge is 2.14. The van der Waals surface area contributed by atoms with Crippen molar-refractivity contribution in [1.29, 1.82) is 5.26 Å². The standard InChI is InChI=1S/C21H15N3O5/c1-28-20-8-3-2-7-18(20)23-21(25)15(13-22)12-17-9-10-19(29-17)14-5-4-6-16(11-14)24(26)27/h2-12H,1H3,(H,23,25). The van der Waals surface area contributed by atoms with Crippen LogP contribution in [0.15, 0.2) is 70.7 Å². The van der Waals surface area contributed by atoms with E-state index in [4.69, 9.17) is 9.15 Å². The molecule has 3 aromatic rings. The number of furan rings is 1. The number of ether oxygens (including phenoxy) is 1. The van der Waals surface area contributed by atoms with Crippen LogP contribution in [-0.4, -0.2) is 17.9 Å². The molecule has 1 heterocycles. The van der Waals surface area contributed by atoms with Crippen LogP contribution in [0.25, 0.3) is 17.4 Å². The first-order valence-electron chi connectivity index (χ1n) is 8.42. The molecule has 1 aromatic heterocycles. The first-order chi connectivity index (χ1) is 14.0. The summed E-state index contributed by atoms with van der Waals surface area (Å²) in [5.41, 5.74) is 0.703. The van der Waals surface area contributed by atoms with E-state index in [0.29, 0.717) is 22.8 Å². The molecule has 0 bridgehead atoms. The van der Waals surface area contributed by atoms with Crippen molar-refractivity contribution in [2.75, 3.05) is 12.4 Å². The van der Waals surface area contributed by atoms with Gasteiger partial charge in [-0.3, -0.25) is 14.9 Å². The molecule has 1 N–H and O–H groups in total. The van der Waals surface area contributed by atoms with Crippen molar-refractivity contribution in [3.8, 4) is 23.1 Å². The molecule has 2 aromatic carbocycles. The highest BCUT2D eigenvalue weighted by molar-refractivity contribution is 6.10. The molecular formula is C21H15N3O5. The molecule has 144 valence electrons. The number of non-ortho nitro benzene ring substituents is 1. The van der Waals surface area contributed by atoms with Crippen LogP contribution in [0.4, 0.5) is 11.4 Å². The van der Waals surface area contributed by atoms with E-state index in [1.54, 1.807) is 48.5 Å². The van der Waals surface area contributed by atoms with Gasteiger partial charge in [0.05, 0.1) is 17.7 Å². The van der Waals surface area contributed by atoms with Crippen molar-refractivity contribution < 1.29 is 18.9 Å². The molecule has 0 aliphatic rings. The minimum atomic E-state index is -0.620. The van der Waals surface area contributed by atoms with Gasteiger partial charge in [0.2, 0.25) is 0 Å². The number of para-hydroxylation sites is 2. The lowest BCUT2D eigenvalue weighted by Gasteiger charge is -2.08. The Morgan fingerprint density at radius 3 is 2.72 bits per heavy atom. The molecule has 0 aliphatic carbocycles. The topological polar surface area (TPSA) is 118 Å². The number of nitro groups is 1. The van der Waals surface area contributed by atoms with Crippen LogP contribution in [0.3, 0.4) is 0 Å². The Balaban J connectivity index is 1.83. The summed E-state index contributed by atoms with van der Waals surface area (Å²) in [6.07, 6.45) is 1.30. The molecule has 0 radical (unpaired) electrons. The van der Waals surface area contributed by atoms with Gasteiger partial charge in [-0.1, -0.05) is 24.3 Å². The normalized spacial score (nSPS) is 10.8. The fourth-order valence-electron chi connectivity index (χ4n) is 2.59. The summed E-state index contributed by atoms with van der Waals surface area (Å²) >= 11 is 0. The maximum atomic E-state index is 12.4. The largest absolute Gasteiger partial charge is 0.495 e. The van der Waals surface area contributed by atoms with E-state index in [0.717, 1.165) is 0 Å². The van der Waals surface area contributed by atoms with Gasteiger partial charge in [-0.2, -0.15) is 5.26 Å². The van der Waals surface area contributed by atoms with E-state index in [2.05, 4.69) is 5.32 Å². The van der Waals surface area contributed by atoms with Gasteiger partial charge in [0.15, 0.2) is 0 Å². The van der Waals surface area contributed by atoms with Crippen LogP contribution < -0.4 is 10.1 Å². The van der Waals surface area contributed by atoms with Gasteiger partial charge in [0, 0.05) is 23.8 Å². The van der Waals surface area contributed by atoms with Gasteiger partial charge in [0.25, 0.3) is 11.6 Å². The lowest BCUT2D eigenvalue weighted by atomic mass is 10.1. The Kier molecular flexibility index (Phi) is 5.71. The Hall–Kier alpha value is -4.38. The molecule has 0 unspecified atom stereocenters. The summed E-state index contributed by atoms with van der Waals surface area (Å²) in [6, 6.07) is 17.8. The van der Waals surface area contributed by atoms with Crippen LogP contribution in [0, 0.1) is 21.4 Å². The minimum Gasteiger partial charge on any atom is -0.495 e. The second-order valence-electron chi connectivity index (χ2n) is 5.83. The monoisotopic (exact) mass is 389 g/mol. The van der Waals surface area contributed by atoms with Gasteiger partial charge < -0.3 is 14.5 Å². The predicted molar refractivity (Wildman–Crippen MR) is 106 cm³/mol. The SMILES string of the molecule is COc1ccccc1NC(=O)C(C#N)=Cc1ccc(-c2cccc([N+](=O)[O-])c2)o1. The number of nitrogens with zero attached hydrogens (tertiary/aromatic N) is 2. The molecule has 0 saturated carbocycles. The number of benzene rings is 2. The Bertz CT molecular complexity index is 1140. The van der Waals surface area contributed by atoms with E-state index in [1.165, 1.54) is 25.3 Å². The van der Waals surface area contributed by atoms with Gasteiger partial charge in [0.1, 0.15) is 28.9 Å². The first-order valence-corrected chi connectivity index (χ1v) is 8.42. The summed E-state index contributed by atoms with van der Waals surface area (Å²) in [6.45, 7) is 0. The van der Waals surface area contributed by atoms with Crippen molar-refractivity contribution in [2.45, 2.75) is 0 Å². The minimum absolute atomic E-state index is 0.0649.